The van der Waals surface area contributed by atoms with Gasteiger partial charge in [0.15, 0.2) is 0 Å². The third-order valence-electron chi connectivity index (χ3n) is 5.37. The van der Waals surface area contributed by atoms with Gasteiger partial charge < -0.3 is 10.2 Å². The summed E-state index contributed by atoms with van der Waals surface area (Å²) in [7, 11) is 0. The zero-order valence-corrected chi connectivity index (χ0v) is 16.0. The number of aromatic amines is 1. The molecule has 0 bridgehead atoms. The summed E-state index contributed by atoms with van der Waals surface area (Å²) in [6.07, 6.45) is 6.76. The van der Waals surface area contributed by atoms with Gasteiger partial charge in [-0.2, -0.15) is 5.10 Å². The molecule has 4 heterocycles. The first-order valence-electron chi connectivity index (χ1n) is 9.70. The molecule has 8 heteroatoms. The number of pyridine rings is 1. The number of nitrogens with zero attached hydrogens (tertiary/aromatic N) is 4. The molecule has 0 amide bonds. The summed E-state index contributed by atoms with van der Waals surface area (Å²) in [6.45, 7) is 3.58. The van der Waals surface area contributed by atoms with Crippen LogP contribution in [0.15, 0.2) is 35.6 Å². The molecule has 0 spiro atoms. The Hall–Kier alpha value is -3.29. The van der Waals surface area contributed by atoms with Crippen LogP contribution in [0.4, 0.5) is 26.0 Å². The van der Waals surface area contributed by atoms with Crippen LogP contribution >= 0.6 is 0 Å². The molecular formula is C21H20F2N6. The Morgan fingerprint density at radius 3 is 2.52 bits per heavy atom. The lowest BCUT2D eigenvalue weighted by molar-refractivity contribution is 0.573. The maximum atomic E-state index is 14.6. The van der Waals surface area contributed by atoms with Crippen LogP contribution in [0.1, 0.15) is 30.4 Å². The van der Waals surface area contributed by atoms with E-state index in [4.69, 9.17) is 0 Å². The van der Waals surface area contributed by atoms with Crippen molar-refractivity contribution in [2.75, 3.05) is 23.3 Å². The Bertz CT molecular complexity index is 1090. The number of piperidine rings is 1. The van der Waals surface area contributed by atoms with Crippen LogP contribution in [-0.4, -0.2) is 34.1 Å². The minimum Gasteiger partial charge on any atom is -0.357 e. The van der Waals surface area contributed by atoms with Crippen LogP contribution < -0.4 is 10.2 Å². The highest BCUT2D eigenvalue weighted by Crippen LogP contribution is 2.39. The molecule has 2 aliphatic rings. The number of amidine groups is 1. The van der Waals surface area contributed by atoms with Crippen molar-refractivity contribution < 1.29 is 8.78 Å². The van der Waals surface area contributed by atoms with Crippen molar-refractivity contribution >= 4 is 23.0 Å². The van der Waals surface area contributed by atoms with Crippen molar-refractivity contribution in [2.45, 2.75) is 26.2 Å². The standard InChI is InChI=1S/C21H20F2N6/c1-12-7-14(22)19(15(23)8-12)21-26-16-10-24-18(29-5-3-2-4-6-29)9-13(16)20-17(27-21)11-25-28-20/h7-11H,2-6H2,1H3,(H,25,28)(H,26,27). The van der Waals surface area contributed by atoms with Crippen molar-refractivity contribution in [3.05, 3.63) is 53.4 Å². The molecular weight excluding hydrogens is 374 g/mol. The van der Waals surface area contributed by atoms with Crippen molar-refractivity contribution in [3.8, 4) is 11.3 Å². The van der Waals surface area contributed by atoms with E-state index in [0.717, 1.165) is 37.3 Å². The normalized spacial score (nSPS) is 15.8. The number of aromatic nitrogens is 3. The topological polar surface area (TPSA) is 69.2 Å². The van der Waals surface area contributed by atoms with E-state index in [1.165, 1.54) is 18.6 Å². The van der Waals surface area contributed by atoms with Crippen LogP contribution in [0.3, 0.4) is 0 Å². The Morgan fingerprint density at radius 1 is 1.00 bits per heavy atom. The van der Waals surface area contributed by atoms with E-state index in [1.54, 1.807) is 19.3 Å². The molecule has 148 valence electrons. The first-order valence-corrected chi connectivity index (χ1v) is 9.70. The number of benzene rings is 1. The van der Waals surface area contributed by atoms with Crippen molar-refractivity contribution in [1.29, 1.82) is 0 Å². The van der Waals surface area contributed by atoms with Crippen LogP contribution in [0, 0.1) is 18.6 Å². The first-order chi connectivity index (χ1) is 14.1. The van der Waals surface area contributed by atoms with Gasteiger partial charge in [-0.3, -0.25) is 5.10 Å². The van der Waals surface area contributed by atoms with Gasteiger partial charge in [0.05, 0.1) is 35.0 Å². The highest BCUT2D eigenvalue weighted by atomic mass is 19.1. The van der Waals surface area contributed by atoms with Gasteiger partial charge in [-0.25, -0.2) is 18.8 Å². The molecule has 0 saturated carbocycles. The van der Waals surface area contributed by atoms with Gasteiger partial charge in [-0.05, 0) is 49.9 Å². The van der Waals surface area contributed by atoms with E-state index in [2.05, 4.69) is 30.4 Å². The number of aliphatic imine (C=N–C) groups is 1. The van der Waals surface area contributed by atoms with E-state index in [-0.39, 0.29) is 11.4 Å². The monoisotopic (exact) mass is 394 g/mol. The number of anilines is 2. The molecule has 5 rings (SSSR count). The molecule has 2 aliphatic heterocycles. The average molecular weight is 394 g/mol. The number of fused-ring (bicyclic) bond motifs is 3. The van der Waals surface area contributed by atoms with E-state index >= 15 is 0 Å². The van der Waals surface area contributed by atoms with Gasteiger partial charge in [0.25, 0.3) is 0 Å². The highest BCUT2D eigenvalue weighted by Gasteiger charge is 2.24. The Morgan fingerprint density at radius 2 is 1.76 bits per heavy atom. The second-order valence-corrected chi connectivity index (χ2v) is 7.46. The number of nitrogens with one attached hydrogen (secondary N) is 2. The Labute approximate surface area is 166 Å². The molecule has 6 nitrogen and oxygen atoms in total. The van der Waals surface area contributed by atoms with Gasteiger partial charge >= 0.3 is 0 Å². The first kappa shape index (κ1) is 17.8. The average Bonchev–Trinajstić information content (AvgIpc) is 3.10. The molecule has 1 saturated heterocycles. The molecule has 29 heavy (non-hydrogen) atoms. The second-order valence-electron chi connectivity index (χ2n) is 7.46. The maximum Gasteiger partial charge on any atom is 0.144 e. The van der Waals surface area contributed by atoms with Crippen LogP contribution in [-0.2, 0) is 0 Å². The molecule has 0 radical (unpaired) electrons. The highest BCUT2D eigenvalue weighted by molar-refractivity contribution is 6.13. The lowest BCUT2D eigenvalue weighted by atomic mass is 10.1. The minimum atomic E-state index is -0.667. The number of rotatable bonds is 2. The minimum absolute atomic E-state index is 0.0916. The predicted octanol–water partition coefficient (Wildman–Crippen LogP) is 4.55. The molecule has 3 aromatic rings. The number of hydrogen-bond donors (Lipinski definition) is 2. The fraction of sp³-hybridized carbons (Fsp3) is 0.286. The van der Waals surface area contributed by atoms with E-state index in [1.807, 2.05) is 6.07 Å². The number of hydrogen-bond acceptors (Lipinski definition) is 5. The molecule has 0 aliphatic carbocycles. The van der Waals surface area contributed by atoms with Gasteiger partial charge in [-0.15, -0.1) is 0 Å². The summed E-state index contributed by atoms with van der Waals surface area (Å²) in [5, 5.41) is 10.1. The lowest BCUT2D eigenvalue weighted by Crippen LogP contribution is -2.30. The van der Waals surface area contributed by atoms with Crippen LogP contribution in [0.5, 0.6) is 0 Å². The molecule has 1 aromatic carbocycles. The second kappa shape index (κ2) is 6.95. The fourth-order valence-corrected chi connectivity index (χ4v) is 3.93. The fourth-order valence-electron chi connectivity index (χ4n) is 3.93. The van der Waals surface area contributed by atoms with Gasteiger partial charge in [0, 0.05) is 18.7 Å². The largest absolute Gasteiger partial charge is 0.357 e. The molecule has 2 N–H and O–H groups in total. The Balaban J connectivity index is 1.65. The third kappa shape index (κ3) is 3.14. The molecule has 1 fully saturated rings. The van der Waals surface area contributed by atoms with E-state index in [9.17, 15) is 8.78 Å². The van der Waals surface area contributed by atoms with Crippen molar-refractivity contribution in [2.24, 2.45) is 4.99 Å². The predicted molar refractivity (Wildman–Crippen MR) is 109 cm³/mol. The van der Waals surface area contributed by atoms with Crippen molar-refractivity contribution in [3.63, 3.8) is 0 Å². The van der Waals surface area contributed by atoms with Crippen molar-refractivity contribution in [1.82, 2.24) is 15.2 Å². The van der Waals surface area contributed by atoms with Gasteiger partial charge in [0.2, 0.25) is 0 Å². The summed E-state index contributed by atoms with van der Waals surface area (Å²) >= 11 is 0. The Kier molecular flexibility index (Phi) is 4.26. The molecule has 0 unspecified atom stereocenters. The van der Waals surface area contributed by atoms with Gasteiger partial charge in [-0.1, -0.05) is 0 Å². The summed E-state index contributed by atoms with van der Waals surface area (Å²) in [5.74, 6) is -0.371. The quantitative estimate of drug-likeness (QED) is 0.669. The zero-order chi connectivity index (χ0) is 20.0. The van der Waals surface area contributed by atoms with E-state index < -0.39 is 11.6 Å². The summed E-state index contributed by atoms with van der Waals surface area (Å²) in [6, 6.07) is 4.55. The summed E-state index contributed by atoms with van der Waals surface area (Å²) in [5.41, 5.74) is 2.95. The summed E-state index contributed by atoms with van der Waals surface area (Å²) in [4.78, 5) is 11.4. The van der Waals surface area contributed by atoms with Crippen LogP contribution in [0.25, 0.3) is 11.3 Å². The number of aryl methyl sites for hydroxylation is 1. The molecule has 0 atom stereocenters. The lowest BCUT2D eigenvalue weighted by Gasteiger charge is -2.28. The smallest absolute Gasteiger partial charge is 0.144 e. The number of halogens is 2. The molecule has 2 aromatic heterocycles. The van der Waals surface area contributed by atoms with Gasteiger partial charge in [0.1, 0.15) is 23.3 Å². The summed E-state index contributed by atoms with van der Waals surface area (Å²) < 4.78 is 29.2. The van der Waals surface area contributed by atoms with E-state index in [0.29, 0.717) is 22.6 Å². The SMILES string of the molecule is Cc1cc(F)c(C2=Nc3cnc(N4CCCCC4)cc3-c3[nH]ncc3N2)c(F)c1. The number of H-pyrrole nitrogens is 1. The third-order valence-corrected chi connectivity index (χ3v) is 5.37. The zero-order valence-electron chi connectivity index (χ0n) is 16.0. The van der Waals surface area contributed by atoms with Crippen LogP contribution in [0.2, 0.25) is 0 Å². The maximum absolute atomic E-state index is 14.6.